The molecule has 0 bridgehead atoms. The van der Waals surface area contributed by atoms with Crippen LogP contribution in [-0.4, -0.2) is 13.1 Å². The van der Waals surface area contributed by atoms with E-state index in [1.807, 2.05) is 12.1 Å². The lowest BCUT2D eigenvalue weighted by molar-refractivity contribution is 0.404. The van der Waals surface area contributed by atoms with Gasteiger partial charge in [-0.05, 0) is 60.7 Å². The summed E-state index contributed by atoms with van der Waals surface area (Å²) in [4.78, 5) is 0. The summed E-state index contributed by atoms with van der Waals surface area (Å²) in [5, 5.41) is 4.34. The van der Waals surface area contributed by atoms with Gasteiger partial charge in [0.1, 0.15) is 0 Å². The Kier molecular flexibility index (Phi) is 4.68. The van der Waals surface area contributed by atoms with Crippen LogP contribution in [0.4, 0.5) is 0 Å². The molecule has 0 aliphatic carbocycles. The molecule has 0 saturated carbocycles. The van der Waals surface area contributed by atoms with Crippen LogP contribution in [-0.2, 0) is 0 Å². The van der Waals surface area contributed by atoms with Crippen molar-refractivity contribution in [2.45, 2.75) is 25.2 Å². The average molecular weight is 365 g/mol. The van der Waals surface area contributed by atoms with E-state index in [2.05, 4.69) is 58.5 Å². The number of halogens is 2. The molecular weight excluding hydrogens is 346 g/mol. The summed E-state index contributed by atoms with van der Waals surface area (Å²) < 4.78 is 1.20. The van der Waals surface area contributed by atoms with E-state index < -0.39 is 0 Å². The van der Waals surface area contributed by atoms with Gasteiger partial charge in [0.25, 0.3) is 0 Å². The lowest BCUT2D eigenvalue weighted by Crippen LogP contribution is -2.34. The summed E-state index contributed by atoms with van der Waals surface area (Å²) in [6.45, 7) is 4.22. The highest BCUT2D eigenvalue weighted by Gasteiger charge is 2.28. The van der Waals surface area contributed by atoms with Crippen LogP contribution in [0.25, 0.3) is 0 Å². The maximum atomic E-state index is 6.18. The molecule has 2 aromatic carbocycles. The van der Waals surface area contributed by atoms with Crippen LogP contribution in [0.15, 0.2) is 46.9 Å². The highest BCUT2D eigenvalue weighted by Crippen LogP contribution is 2.39. The maximum Gasteiger partial charge on any atom is 0.0408 e. The van der Waals surface area contributed by atoms with Crippen molar-refractivity contribution in [1.82, 2.24) is 5.32 Å². The fourth-order valence-electron chi connectivity index (χ4n) is 3.18. The SMILES string of the molecule is Cc1ccc(C2CCNCC2c2cccc(Cl)c2)cc1Br. The number of benzene rings is 2. The molecule has 2 aromatic rings. The molecule has 2 unspecified atom stereocenters. The van der Waals surface area contributed by atoms with Crippen LogP contribution in [0.2, 0.25) is 5.02 Å². The second-order valence-corrected chi connectivity index (χ2v) is 7.06. The fraction of sp³-hybridized carbons (Fsp3) is 0.333. The molecule has 0 radical (unpaired) electrons. The van der Waals surface area contributed by atoms with Gasteiger partial charge in [-0.25, -0.2) is 0 Å². The molecule has 21 heavy (non-hydrogen) atoms. The van der Waals surface area contributed by atoms with Crippen LogP contribution in [0.3, 0.4) is 0 Å². The molecule has 2 atom stereocenters. The maximum absolute atomic E-state index is 6.18. The molecule has 0 aromatic heterocycles. The van der Waals surface area contributed by atoms with Crippen molar-refractivity contribution in [2.75, 3.05) is 13.1 Å². The van der Waals surface area contributed by atoms with Gasteiger partial charge in [0, 0.05) is 22.0 Å². The molecule has 0 amide bonds. The Morgan fingerprint density at radius 3 is 2.67 bits per heavy atom. The average Bonchev–Trinajstić information content (AvgIpc) is 2.50. The van der Waals surface area contributed by atoms with Crippen LogP contribution in [0.1, 0.15) is 34.9 Å². The van der Waals surface area contributed by atoms with Gasteiger partial charge in [-0.3, -0.25) is 0 Å². The standard InChI is InChI=1S/C18H19BrClN/c1-12-5-6-14(10-18(12)19)16-7-8-21-11-17(16)13-3-2-4-15(20)9-13/h2-6,9-10,16-17,21H,7-8,11H2,1H3. The van der Waals surface area contributed by atoms with Gasteiger partial charge in [-0.15, -0.1) is 0 Å². The van der Waals surface area contributed by atoms with E-state index in [0.717, 1.165) is 24.5 Å². The zero-order chi connectivity index (χ0) is 14.8. The Hall–Kier alpha value is -0.830. The first kappa shape index (κ1) is 15.1. The molecular formula is C18H19BrClN. The van der Waals surface area contributed by atoms with Crippen LogP contribution >= 0.6 is 27.5 Å². The number of hydrogen-bond acceptors (Lipinski definition) is 1. The molecule has 0 spiro atoms. The predicted molar refractivity (Wildman–Crippen MR) is 93.3 cm³/mol. The first-order valence-corrected chi connectivity index (χ1v) is 8.54. The molecule has 1 aliphatic rings. The Balaban J connectivity index is 1.96. The van der Waals surface area contributed by atoms with Crippen LogP contribution < -0.4 is 5.32 Å². The highest BCUT2D eigenvalue weighted by molar-refractivity contribution is 9.10. The van der Waals surface area contributed by atoms with E-state index >= 15 is 0 Å². The quantitative estimate of drug-likeness (QED) is 0.765. The molecule has 1 N–H and O–H groups in total. The summed E-state index contributed by atoms with van der Waals surface area (Å²) in [7, 11) is 0. The van der Waals surface area contributed by atoms with E-state index in [1.165, 1.54) is 21.2 Å². The minimum absolute atomic E-state index is 0.479. The Labute approximate surface area is 139 Å². The summed E-state index contributed by atoms with van der Waals surface area (Å²) in [5.41, 5.74) is 4.03. The molecule has 1 fully saturated rings. The van der Waals surface area contributed by atoms with Crippen LogP contribution in [0.5, 0.6) is 0 Å². The van der Waals surface area contributed by atoms with Crippen molar-refractivity contribution in [3.8, 4) is 0 Å². The second kappa shape index (κ2) is 6.51. The first-order valence-electron chi connectivity index (χ1n) is 7.37. The second-order valence-electron chi connectivity index (χ2n) is 5.77. The molecule has 3 rings (SSSR count). The van der Waals surface area contributed by atoms with Gasteiger partial charge < -0.3 is 5.32 Å². The minimum atomic E-state index is 0.479. The zero-order valence-corrected chi connectivity index (χ0v) is 14.4. The third-order valence-corrected chi connectivity index (χ3v) is 5.47. The van der Waals surface area contributed by atoms with Gasteiger partial charge in [-0.2, -0.15) is 0 Å². The van der Waals surface area contributed by atoms with Gasteiger partial charge in [-0.1, -0.05) is 51.8 Å². The Morgan fingerprint density at radius 1 is 1.10 bits per heavy atom. The van der Waals surface area contributed by atoms with Crippen molar-refractivity contribution < 1.29 is 0 Å². The smallest absolute Gasteiger partial charge is 0.0408 e. The van der Waals surface area contributed by atoms with E-state index in [-0.39, 0.29) is 0 Å². The largest absolute Gasteiger partial charge is 0.316 e. The summed E-state index contributed by atoms with van der Waals surface area (Å²) in [6.07, 6.45) is 1.16. The normalized spacial score (nSPS) is 22.2. The number of rotatable bonds is 2. The molecule has 1 nitrogen and oxygen atoms in total. The van der Waals surface area contributed by atoms with Crippen LogP contribution in [0, 0.1) is 6.92 Å². The lowest BCUT2D eigenvalue weighted by Gasteiger charge is -2.33. The first-order chi connectivity index (χ1) is 10.1. The predicted octanol–water partition coefficient (Wildman–Crippen LogP) is 5.27. The molecule has 3 heteroatoms. The molecule has 1 saturated heterocycles. The number of piperidine rings is 1. The highest BCUT2D eigenvalue weighted by atomic mass is 79.9. The van der Waals surface area contributed by atoms with Crippen molar-refractivity contribution in [3.05, 3.63) is 68.7 Å². The fourth-order valence-corrected chi connectivity index (χ4v) is 3.78. The topological polar surface area (TPSA) is 12.0 Å². The van der Waals surface area contributed by atoms with Gasteiger partial charge in [0.2, 0.25) is 0 Å². The monoisotopic (exact) mass is 363 g/mol. The van der Waals surface area contributed by atoms with Crippen molar-refractivity contribution in [2.24, 2.45) is 0 Å². The molecule has 1 aliphatic heterocycles. The third kappa shape index (κ3) is 3.33. The van der Waals surface area contributed by atoms with Crippen molar-refractivity contribution in [1.29, 1.82) is 0 Å². The van der Waals surface area contributed by atoms with Crippen molar-refractivity contribution >= 4 is 27.5 Å². The Morgan fingerprint density at radius 2 is 1.90 bits per heavy atom. The van der Waals surface area contributed by atoms with Crippen molar-refractivity contribution in [3.63, 3.8) is 0 Å². The lowest BCUT2D eigenvalue weighted by atomic mass is 9.77. The van der Waals surface area contributed by atoms with Gasteiger partial charge in [0.15, 0.2) is 0 Å². The van der Waals surface area contributed by atoms with E-state index in [0.29, 0.717) is 11.8 Å². The zero-order valence-electron chi connectivity index (χ0n) is 12.1. The summed E-state index contributed by atoms with van der Waals surface area (Å²) in [5.74, 6) is 1.02. The summed E-state index contributed by atoms with van der Waals surface area (Å²) >= 11 is 9.84. The van der Waals surface area contributed by atoms with Gasteiger partial charge >= 0.3 is 0 Å². The molecule has 1 heterocycles. The Bertz CT molecular complexity index is 641. The third-order valence-electron chi connectivity index (χ3n) is 4.38. The van der Waals surface area contributed by atoms with E-state index in [9.17, 15) is 0 Å². The minimum Gasteiger partial charge on any atom is -0.316 e. The number of hydrogen-bond donors (Lipinski definition) is 1. The number of aryl methyl sites for hydroxylation is 1. The summed E-state index contributed by atoms with van der Waals surface area (Å²) in [6, 6.07) is 15.1. The van der Waals surface area contributed by atoms with Gasteiger partial charge in [0.05, 0.1) is 0 Å². The number of nitrogens with one attached hydrogen (secondary N) is 1. The molecule has 110 valence electrons. The van der Waals surface area contributed by atoms with E-state index in [1.54, 1.807) is 0 Å². The van der Waals surface area contributed by atoms with E-state index in [4.69, 9.17) is 11.6 Å².